The number of hydrogen-bond acceptors (Lipinski definition) is 8. The van der Waals surface area contributed by atoms with E-state index in [0.717, 1.165) is 0 Å². The van der Waals surface area contributed by atoms with Crippen molar-refractivity contribution in [2.24, 2.45) is 0 Å². The lowest BCUT2D eigenvalue weighted by molar-refractivity contribution is -0.385. The van der Waals surface area contributed by atoms with E-state index < -0.39 is 15.3 Å². The van der Waals surface area contributed by atoms with Crippen molar-refractivity contribution in [1.29, 1.82) is 0 Å². The quantitative estimate of drug-likeness (QED) is 0.396. The van der Waals surface area contributed by atoms with E-state index >= 15 is 0 Å². The molecule has 0 atom stereocenters. The van der Waals surface area contributed by atoms with E-state index in [0.29, 0.717) is 16.7 Å². The standard InChI is InChI=1S/C22H18N2O8/c1-30-20-17(13-6-4-8-15(10-13)23(26)27)12-18(21(31-2)22(32-3)19(20)25)14-7-5-9-16(11-14)24(28)29/h4-12H,1-3H3. The Morgan fingerprint density at radius 3 is 1.50 bits per heavy atom. The molecule has 0 saturated heterocycles. The fourth-order valence-corrected chi connectivity index (χ4v) is 3.32. The first-order valence-electron chi connectivity index (χ1n) is 9.19. The Hall–Kier alpha value is -4.47. The molecule has 0 amide bonds. The predicted octanol–water partition coefficient (Wildman–Crippen LogP) is 4.22. The molecule has 0 radical (unpaired) electrons. The van der Waals surface area contributed by atoms with Gasteiger partial charge >= 0.3 is 0 Å². The minimum atomic E-state index is -0.648. The number of ether oxygens (including phenoxy) is 3. The number of rotatable bonds is 7. The summed E-state index contributed by atoms with van der Waals surface area (Å²) in [4.78, 5) is 34.7. The van der Waals surface area contributed by atoms with Crippen molar-refractivity contribution in [3.8, 4) is 39.5 Å². The minimum Gasteiger partial charge on any atom is -0.492 e. The number of hydrogen-bond donors (Lipinski definition) is 0. The molecule has 0 fully saturated rings. The van der Waals surface area contributed by atoms with E-state index in [1.807, 2.05) is 0 Å². The summed E-state index contributed by atoms with van der Waals surface area (Å²) in [6.07, 6.45) is 0. The largest absolute Gasteiger partial charge is 0.492 e. The van der Waals surface area contributed by atoms with Gasteiger partial charge in [0.2, 0.25) is 5.75 Å². The second kappa shape index (κ2) is 9.13. The van der Waals surface area contributed by atoms with Gasteiger partial charge in [0.05, 0.1) is 31.2 Å². The van der Waals surface area contributed by atoms with Gasteiger partial charge in [-0.2, -0.15) is 0 Å². The van der Waals surface area contributed by atoms with Gasteiger partial charge in [0, 0.05) is 35.4 Å². The molecule has 0 unspecified atom stereocenters. The van der Waals surface area contributed by atoms with Crippen LogP contribution in [0.4, 0.5) is 11.4 Å². The monoisotopic (exact) mass is 438 g/mol. The van der Waals surface area contributed by atoms with E-state index in [9.17, 15) is 25.0 Å². The average Bonchev–Trinajstić information content (AvgIpc) is 2.92. The zero-order valence-electron chi connectivity index (χ0n) is 17.4. The lowest BCUT2D eigenvalue weighted by Crippen LogP contribution is -2.08. The van der Waals surface area contributed by atoms with Crippen LogP contribution in [0.5, 0.6) is 17.2 Å². The maximum atomic E-state index is 13.2. The molecule has 164 valence electrons. The first kappa shape index (κ1) is 22.2. The van der Waals surface area contributed by atoms with Crippen LogP contribution in [0.1, 0.15) is 0 Å². The van der Waals surface area contributed by atoms with Crippen molar-refractivity contribution in [3.63, 3.8) is 0 Å². The van der Waals surface area contributed by atoms with Crippen molar-refractivity contribution in [1.82, 2.24) is 0 Å². The second-order valence-electron chi connectivity index (χ2n) is 6.52. The Balaban J connectivity index is 2.49. The molecule has 0 spiro atoms. The van der Waals surface area contributed by atoms with Crippen LogP contribution in [-0.4, -0.2) is 31.2 Å². The summed E-state index contributed by atoms with van der Waals surface area (Å²) in [6, 6.07) is 13.0. The van der Waals surface area contributed by atoms with Gasteiger partial charge in [-0.05, 0) is 17.2 Å². The molecular formula is C22H18N2O8. The van der Waals surface area contributed by atoms with Crippen LogP contribution >= 0.6 is 0 Å². The molecule has 0 heterocycles. The van der Waals surface area contributed by atoms with Crippen molar-refractivity contribution in [3.05, 3.63) is 85.0 Å². The molecule has 0 N–H and O–H groups in total. The Morgan fingerprint density at radius 1 is 0.656 bits per heavy atom. The first-order chi connectivity index (χ1) is 15.3. The Bertz CT molecular complexity index is 1270. The Labute approximate surface area is 181 Å². The van der Waals surface area contributed by atoms with E-state index in [4.69, 9.17) is 14.2 Å². The molecule has 3 rings (SSSR count). The summed E-state index contributed by atoms with van der Waals surface area (Å²) in [5.41, 5.74) is 0.240. The highest BCUT2D eigenvalue weighted by atomic mass is 16.6. The van der Waals surface area contributed by atoms with Crippen LogP contribution in [-0.2, 0) is 0 Å². The molecule has 0 aliphatic heterocycles. The summed E-state index contributed by atoms with van der Waals surface area (Å²) in [5, 5.41) is 22.6. The molecule has 10 nitrogen and oxygen atoms in total. The van der Waals surface area contributed by atoms with Crippen molar-refractivity contribution in [2.45, 2.75) is 0 Å². The average molecular weight is 438 g/mol. The van der Waals surface area contributed by atoms with E-state index in [2.05, 4.69) is 0 Å². The molecule has 0 aliphatic carbocycles. The van der Waals surface area contributed by atoms with Gasteiger partial charge in [-0.15, -0.1) is 0 Å². The summed E-state index contributed by atoms with van der Waals surface area (Å²) in [6.45, 7) is 0. The number of nitro benzene ring substituents is 2. The van der Waals surface area contributed by atoms with Crippen molar-refractivity contribution < 1.29 is 24.1 Å². The van der Waals surface area contributed by atoms with Gasteiger partial charge in [0.1, 0.15) is 0 Å². The maximum absolute atomic E-state index is 13.2. The van der Waals surface area contributed by atoms with Crippen molar-refractivity contribution in [2.75, 3.05) is 21.3 Å². The lowest BCUT2D eigenvalue weighted by Gasteiger charge is -2.09. The van der Waals surface area contributed by atoms with Gasteiger partial charge in [0.15, 0.2) is 11.5 Å². The molecule has 0 aliphatic rings. The normalized spacial score (nSPS) is 10.3. The highest BCUT2D eigenvalue weighted by Crippen LogP contribution is 2.41. The third-order valence-electron chi connectivity index (χ3n) is 4.74. The van der Waals surface area contributed by atoms with Gasteiger partial charge in [-0.3, -0.25) is 25.0 Å². The molecule has 0 bridgehead atoms. The summed E-state index contributed by atoms with van der Waals surface area (Å²) in [5.74, 6) is -0.271. The molecule has 0 saturated carbocycles. The summed E-state index contributed by atoms with van der Waals surface area (Å²) in [7, 11) is 3.90. The number of benzene rings is 2. The summed E-state index contributed by atoms with van der Waals surface area (Å²) >= 11 is 0. The van der Waals surface area contributed by atoms with E-state index in [1.165, 1.54) is 63.8 Å². The number of methoxy groups -OCH3 is 3. The third kappa shape index (κ3) is 4.06. The molecule has 32 heavy (non-hydrogen) atoms. The van der Waals surface area contributed by atoms with Crippen molar-refractivity contribution >= 4 is 11.4 Å². The van der Waals surface area contributed by atoms with Gasteiger partial charge < -0.3 is 14.2 Å². The molecule has 3 aromatic carbocycles. The number of nitrogens with zero attached hydrogens (tertiary/aromatic N) is 2. The van der Waals surface area contributed by atoms with Gasteiger partial charge in [-0.1, -0.05) is 24.3 Å². The number of non-ortho nitro benzene ring substituents is 2. The van der Waals surface area contributed by atoms with Crippen LogP contribution in [0.25, 0.3) is 22.3 Å². The fourth-order valence-electron chi connectivity index (χ4n) is 3.32. The maximum Gasteiger partial charge on any atom is 0.270 e. The number of nitro groups is 2. The lowest BCUT2D eigenvalue weighted by atomic mass is 10.0. The first-order valence-corrected chi connectivity index (χ1v) is 9.19. The third-order valence-corrected chi connectivity index (χ3v) is 4.74. The molecule has 10 heteroatoms. The fraction of sp³-hybridized carbons (Fsp3) is 0.136. The second-order valence-corrected chi connectivity index (χ2v) is 6.52. The molecule has 3 aromatic rings. The Kier molecular flexibility index (Phi) is 6.34. The highest BCUT2D eigenvalue weighted by molar-refractivity contribution is 5.83. The van der Waals surface area contributed by atoms with Gasteiger partial charge in [-0.25, -0.2) is 0 Å². The van der Waals surface area contributed by atoms with Crippen LogP contribution in [0.2, 0.25) is 0 Å². The SMILES string of the molecule is COc1c(-c2cccc([N+](=O)[O-])c2)cc(-c2cccc([N+](=O)[O-])c2)c(OC)c(=O)c1OC. The van der Waals surface area contributed by atoms with Crippen LogP contribution in [0.3, 0.4) is 0 Å². The van der Waals surface area contributed by atoms with Crippen LogP contribution in [0, 0.1) is 20.2 Å². The van der Waals surface area contributed by atoms with Crippen LogP contribution < -0.4 is 19.6 Å². The topological polar surface area (TPSA) is 131 Å². The minimum absolute atomic E-state index is 0.0352. The van der Waals surface area contributed by atoms with E-state index in [1.54, 1.807) is 12.1 Å². The van der Waals surface area contributed by atoms with Gasteiger partial charge in [0.25, 0.3) is 16.8 Å². The Morgan fingerprint density at radius 2 is 1.09 bits per heavy atom. The predicted molar refractivity (Wildman–Crippen MR) is 117 cm³/mol. The molecule has 0 aromatic heterocycles. The smallest absolute Gasteiger partial charge is 0.270 e. The molecular weight excluding hydrogens is 420 g/mol. The summed E-state index contributed by atoms with van der Waals surface area (Å²) < 4.78 is 16.1. The highest BCUT2D eigenvalue weighted by Gasteiger charge is 2.23. The van der Waals surface area contributed by atoms with E-state index in [-0.39, 0.29) is 34.2 Å². The van der Waals surface area contributed by atoms with Crippen LogP contribution in [0.15, 0.2) is 59.4 Å². The zero-order chi connectivity index (χ0) is 23.4. The zero-order valence-corrected chi connectivity index (χ0v) is 17.4.